The van der Waals surface area contributed by atoms with E-state index in [1.807, 2.05) is 11.3 Å². The molecule has 2 heterocycles. The first-order valence-corrected chi connectivity index (χ1v) is 6.36. The summed E-state index contributed by atoms with van der Waals surface area (Å²) in [7, 11) is 0. The van der Waals surface area contributed by atoms with E-state index in [0.29, 0.717) is 6.04 Å². The van der Waals surface area contributed by atoms with Gasteiger partial charge in [0.2, 0.25) is 0 Å². The van der Waals surface area contributed by atoms with E-state index < -0.39 is 0 Å². The number of halogens is 1. The zero-order valence-electron chi connectivity index (χ0n) is 7.59. The van der Waals surface area contributed by atoms with E-state index in [4.69, 9.17) is 0 Å². The Morgan fingerprint density at radius 3 is 2.93 bits per heavy atom. The molecule has 1 atom stereocenters. The Labute approximate surface area is 95.3 Å². The third-order valence-electron chi connectivity index (χ3n) is 2.66. The number of rotatable bonds is 1. The zero-order valence-corrected chi connectivity index (χ0v) is 9.99. The standard InChI is InChI=1S/C11H10BrNS/c12-8-1-2-10-7(5-8)6-11(14-10)9-3-4-13-9/h1-2,5-6,9,13H,3-4H2. The summed E-state index contributed by atoms with van der Waals surface area (Å²) >= 11 is 5.41. The SMILES string of the molecule is Brc1ccc2sc(C3CCN3)cc2c1. The number of benzene rings is 1. The Morgan fingerprint density at radius 1 is 1.36 bits per heavy atom. The van der Waals surface area contributed by atoms with Crippen LogP contribution in [0.1, 0.15) is 17.3 Å². The Morgan fingerprint density at radius 2 is 2.21 bits per heavy atom. The molecule has 2 aromatic rings. The van der Waals surface area contributed by atoms with E-state index in [-0.39, 0.29) is 0 Å². The molecule has 1 aromatic carbocycles. The summed E-state index contributed by atoms with van der Waals surface area (Å²) in [6.07, 6.45) is 1.29. The van der Waals surface area contributed by atoms with Crippen molar-refractivity contribution in [3.8, 4) is 0 Å². The van der Waals surface area contributed by atoms with Crippen LogP contribution in [0.25, 0.3) is 10.1 Å². The molecule has 1 N–H and O–H groups in total. The molecule has 1 aliphatic heterocycles. The third-order valence-corrected chi connectivity index (χ3v) is 4.39. The molecule has 0 aliphatic carbocycles. The number of hydrogen-bond donors (Lipinski definition) is 1. The quantitative estimate of drug-likeness (QED) is 0.831. The van der Waals surface area contributed by atoms with Crippen molar-refractivity contribution in [2.24, 2.45) is 0 Å². The minimum absolute atomic E-state index is 0.617. The average molecular weight is 268 g/mol. The van der Waals surface area contributed by atoms with Crippen molar-refractivity contribution in [1.29, 1.82) is 0 Å². The van der Waals surface area contributed by atoms with E-state index in [1.54, 1.807) is 0 Å². The molecule has 1 nitrogen and oxygen atoms in total. The van der Waals surface area contributed by atoms with Gasteiger partial charge in [0.15, 0.2) is 0 Å². The van der Waals surface area contributed by atoms with E-state index in [2.05, 4.69) is 45.5 Å². The van der Waals surface area contributed by atoms with Gasteiger partial charge in [-0.3, -0.25) is 0 Å². The molecule has 0 spiro atoms. The van der Waals surface area contributed by atoms with Gasteiger partial charge in [-0.1, -0.05) is 15.9 Å². The van der Waals surface area contributed by atoms with Gasteiger partial charge in [-0.05, 0) is 42.6 Å². The Hall–Kier alpha value is -0.380. The summed E-state index contributed by atoms with van der Waals surface area (Å²) in [5.41, 5.74) is 0. The van der Waals surface area contributed by atoms with Gasteiger partial charge in [0.25, 0.3) is 0 Å². The number of thiophene rings is 1. The highest BCUT2D eigenvalue weighted by Crippen LogP contribution is 2.34. The molecular formula is C11H10BrNS. The molecule has 3 rings (SSSR count). The second-order valence-electron chi connectivity index (χ2n) is 3.63. The Balaban J connectivity index is 2.10. The van der Waals surface area contributed by atoms with Crippen LogP contribution in [0.5, 0.6) is 0 Å². The van der Waals surface area contributed by atoms with Gasteiger partial charge in [0, 0.05) is 20.1 Å². The predicted octanol–water partition coefficient (Wildman–Crippen LogP) is 3.70. The average Bonchev–Trinajstić information content (AvgIpc) is 2.43. The minimum atomic E-state index is 0.617. The molecule has 3 heteroatoms. The highest BCUT2D eigenvalue weighted by atomic mass is 79.9. The van der Waals surface area contributed by atoms with Gasteiger partial charge in [0.1, 0.15) is 0 Å². The van der Waals surface area contributed by atoms with Crippen LogP contribution in [0, 0.1) is 0 Å². The van der Waals surface area contributed by atoms with Gasteiger partial charge in [-0.25, -0.2) is 0 Å². The first-order chi connectivity index (χ1) is 6.83. The second-order valence-corrected chi connectivity index (χ2v) is 5.66. The summed E-state index contributed by atoms with van der Waals surface area (Å²) in [4.78, 5) is 1.48. The lowest BCUT2D eigenvalue weighted by atomic mass is 10.1. The van der Waals surface area contributed by atoms with Gasteiger partial charge < -0.3 is 5.32 Å². The molecule has 1 fully saturated rings. The fourth-order valence-electron chi connectivity index (χ4n) is 1.74. The maximum Gasteiger partial charge on any atom is 0.0427 e. The second kappa shape index (κ2) is 3.33. The molecule has 1 saturated heterocycles. The van der Waals surface area contributed by atoms with Crippen molar-refractivity contribution >= 4 is 37.4 Å². The van der Waals surface area contributed by atoms with Crippen molar-refractivity contribution in [2.45, 2.75) is 12.5 Å². The van der Waals surface area contributed by atoms with Gasteiger partial charge in [-0.2, -0.15) is 0 Å². The van der Waals surface area contributed by atoms with Crippen LogP contribution >= 0.6 is 27.3 Å². The maximum absolute atomic E-state index is 3.50. The van der Waals surface area contributed by atoms with Crippen molar-refractivity contribution in [3.05, 3.63) is 33.6 Å². The van der Waals surface area contributed by atoms with E-state index in [0.717, 1.165) is 4.47 Å². The van der Waals surface area contributed by atoms with Crippen LogP contribution in [0.2, 0.25) is 0 Å². The summed E-state index contributed by atoms with van der Waals surface area (Å²) in [5.74, 6) is 0. The number of hydrogen-bond acceptors (Lipinski definition) is 2. The molecule has 0 saturated carbocycles. The summed E-state index contributed by atoms with van der Waals surface area (Å²) in [6.45, 7) is 1.17. The van der Waals surface area contributed by atoms with Crippen molar-refractivity contribution < 1.29 is 0 Å². The summed E-state index contributed by atoms with van der Waals surface area (Å²) in [5, 5.41) is 4.79. The van der Waals surface area contributed by atoms with Crippen LogP contribution in [-0.4, -0.2) is 6.54 Å². The minimum Gasteiger partial charge on any atom is -0.309 e. The first-order valence-electron chi connectivity index (χ1n) is 4.75. The topological polar surface area (TPSA) is 12.0 Å². The molecule has 0 amide bonds. The molecule has 0 bridgehead atoms. The van der Waals surface area contributed by atoms with Gasteiger partial charge in [-0.15, -0.1) is 11.3 Å². The number of nitrogens with one attached hydrogen (secondary N) is 1. The number of fused-ring (bicyclic) bond motifs is 1. The Bertz CT molecular complexity index is 473. The molecule has 72 valence electrons. The van der Waals surface area contributed by atoms with Crippen molar-refractivity contribution in [2.75, 3.05) is 6.54 Å². The smallest absolute Gasteiger partial charge is 0.0427 e. The predicted molar refractivity (Wildman–Crippen MR) is 64.9 cm³/mol. The fraction of sp³-hybridized carbons (Fsp3) is 0.273. The van der Waals surface area contributed by atoms with E-state index in [9.17, 15) is 0 Å². The molecule has 1 aromatic heterocycles. The lowest BCUT2D eigenvalue weighted by Crippen LogP contribution is -2.34. The molecule has 14 heavy (non-hydrogen) atoms. The lowest BCUT2D eigenvalue weighted by molar-refractivity contribution is 0.389. The van der Waals surface area contributed by atoms with Crippen LogP contribution in [0.3, 0.4) is 0 Å². The summed E-state index contributed by atoms with van der Waals surface area (Å²) in [6, 6.07) is 9.41. The maximum atomic E-state index is 3.50. The molecule has 1 aliphatic rings. The molecular weight excluding hydrogens is 258 g/mol. The van der Waals surface area contributed by atoms with Crippen LogP contribution in [0.4, 0.5) is 0 Å². The lowest BCUT2D eigenvalue weighted by Gasteiger charge is -2.26. The van der Waals surface area contributed by atoms with E-state index in [1.165, 1.54) is 27.9 Å². The molecule has 1 unspecified atom stereocenters. The van der Waals surface area contributed by atoms with Crippen LogP contribution in [0.15, 0.2) is 28.7 Å². The van der Waals surface area contributed by atoms with Gasteiger partial charge in [0.05, 0.1) is 0 Å². The van der Waals surface area contributed by atoms with Crippen LogP contribution in [-0.2, 0) is 0 Å². The highest BCUT2D eigenvalue weighted by molar-refractivity contribution is 9.10. The van der Waals surface area contributed by atoms with Crippen molar-refractivity contribution in [1.82, 2.24) is 5.32 Å². The Kier molecular flexibility index (Phi) is 2.11. The monoisotopic (exact) mass is 267 g/mol. The van der Waals surface area contributed by atoms with E-state index >= 15 is 0 Å². The summed E-state index contributed by atoms with van der Waals surface area (Å²) < 4.78 is 2.55. The normalized spacial score (nSPS) is 21.1. The zero-order chi connectivity index (χ0) is 9.54. The van der Waals surface area contributed by atoms with Crippen LogP contribution < -0.4 is 5.32 Å². The first kappa shape index (κ1) is 8.89. The highest BCUT2D eigenvalue weighted by Gasteiger charge is 2.20. The fourth-order valence-corrected chi connectivity index (χ4v) is 3.27. The third kappa shape index (κ3) is 1.40. The molecule has 0 radical (unpaired) electrons. The largest absolute Gasteiger partial charge is 0.309 e. The van der Waals surface area contributed by atoms with Gasteiger partial charge >= 0.3 is 0 Å². The van der Waals surface area contributed by atoms with Crippen molar-refractivity contribution in [3.63, 3.8) is 0 Å².